The molecule has 1 heterocycles. The van der Waals surface area contributed by atoms with Gasteiger partial charge in [0.1, 0.15) is 5.69 Å². The zero-order chi connectivity index (χ0) is 11.5. The summed E-state index contributed by atoms with van der Waals surface area (Å²) in [7, 11) is 0. The predicted molar refractivity (Wildman–Crippen MR) is 74.5 cm³/mol. The van der Waals surface area contributed by atoms with E-state index in [2.05, 4.69) is 43.5 Å². The molecule has 4 heteroatoms. The van der Waals surface area contributed by atoms with Crippen LogP contribution in [0.25, 0.3) is 0 Å². The number of benzene rings is 1. The van der Waals surface area contributed by atoms with Gasteiger partial charge in [0, 0.05) is 19.8 Å². The van der Waals surface area contributed by atoms with Crippen LogP contribution in [0.3, 0.4) is 0 Å². The lowest BCUT2D eigenvalue weighted by atomic mass is 10.1. The molecule has 2 aromatic rings. The Morgan fingerprint density at radius 1 is 1.25 bits per heavy atom. The number of hydrogen-bond donors (Lipinski definition) is 0. The van der Waals surface area contributed by atoms with Gasteiger partial charge < -0.3 is 0 Å². The standard InChI is InChI=1S/C12H7BrINO/c13-9-7-8(4-5-10(9)14)12(16)11-3-1-2-6-15-11/h1-7H. The Bertz CT molecular complexity index is 528. The van der Waals surface area contributed by atoms with E-state index in [0.29, 0.717) is 11.3 Å². The normalized spacial score (nSPS) is 10.1. The number of rotatable bonds is 2. The van der Waals surface area contributed by atoms with Gasteiger partial charge in [0.2, 0.25) is 5.78 Å². The molecule has 0 aliphatic heterocycles. The van der Waals surface area contributed by atoms with Gasteiger partial charge in [-0.1, -0.05) is 6.07 Å². The summed E-state index contributed by atoms with van der Waals surface area (Å²) in [5.41, 5.74) is 1.11. The number of ketones is 1. The van der Waals surface area contributed by atoms with Crippen LogP contribution in [0, 0.1) is 3.57 Å². The largest absolute Gasteiger partial charge is 0.287 e. The average Bonchev–Trinajstić information content (AvgIpc) is 2.33. The number of pyridine rings is 1. The second kappa shape index (κ2) is 5.05. The minimum atomic E-state index is -0.0577. The third-order valence-corrected chi connectivity index (χ3v) is 4.42. The molecule has 2 rings (SSSR count). The summed E-state index contributed by atoms with van der Waals surface area (Å²) in [6.07, 6.45) is 1.62. The second-order valence-electron chi connectivity index (χ2n) is 3.17. The van der Waals surface area contributed by atoms with Crippen LogP contribution >= 0.6 is 38.5 Å². The van der Waals surface area contributed by atoms with Crippen LogP contribution in [0.5, 0.6) is 0 Å². The lowest BCUT2D eigenvalue weighted by molar-refractivity contribution is 0.103. The van der Waals surface area contributed by atoms with Crippen LogP contribution in [-0.2, 0) is 0 Å². The Labute approximate surface area is 115 Å². The highest BCUT2D eigenvalue weighted by Crippen LogP contribution is 2.21. The number of aromatic nitrogens is 1. The maximum atomic E-state index is 12.0. The molecular weight excluding hydrogens is 381 g/mol. The molecule has 0 saturated heterocycles. The van der Waals surface area contributed by atoms with Crippen LogP contribution in [0.15, 0.2) is 47.1 Å². The first kappa shape index (κ1) is 11.7. The average molecular weight is 388 g/mol. The molecule has 0 bridgehead atoms. The van der Waals surface area contributed by atoms with Gasteiger partial charge in [0.25, 0.3) is 0 Å². The fourth-order valence-electron chi connectivity index (χ4n) is 1.28. The van der Waals surface area contributed by atoms with Gasteiger partial charge in [-0.15, -0.1) is 0 Å². The quantitative estimate of drug-likeness (QED) is 0.581. The van der Waals surface area contributed by atoms with Crippen LogP contribution < -0.4 is 0 Å². The van der Waals surface area contributed by atoms with E-state index >= 15 is 0 Å². The minimum absolute atomic E-state index is 0.0577. The second-order valence-corrected chi connectivity index (χ2v) is 5.19. The summed E-state index contributed by atoms with van der Waals surface area (Å²) in [5.74, 6) is -0.0577. The van der Waals surface area contributed by atoms with Crippen LogP contribution in [0.1, 0.15) is 16.1 Å². The molecule has 16 heavy (non-hydrogen) atoms. The summed E-state index contributed by atoms with van der Waals surface area (Å²) in [5, 5.41) is 0. The Morgan fingerprint density at radius 3 is 2.69 bits per heavy atom. The van der Waals surface area contributed by atoms with E-state index in [1.165, 1.54) is 0 Å². The van der Waals surface area contributed by atoms with Crippen molar-refractivity contribution >= 4 is 44.3 Å². The highest BCUT2D eigenvalue weighted by atomic mass is 127. The van der Waals surface area contributed by atoms with Crippen molar-refractivity contribution in [2.24, 2.45) is 0 Å². The molecule has 0 spiro atoms. The van der Waals surface area contributed by atoms with Crippen LogP contribution in [0.2, 0.25) is 0 Å². The molecule has 0 unspecified atom stereocenters. The van der Waals surface area contributed by atoms with E-state index < -0.39 is 0 Å². The summed E-state index contributed by atoms with van der Waals surface area (Å²) in [6, 6.07) is 10.8. The molecule has 0 amide bonds. The Balaban J connectivity index is 2.39. The Morgan fingerprint density at radius 2 is 2.06 bits per heavy atom. The SMILES string of the molecule is O=C(c1ccc(I)c(Br)c1)c1ccccn1. The van der Waals surface area contributed by atoms with Gasteiger partial charge >= 0.3 is 0 Å². The molecule has 0 fully saturated rings. The number of hydrogen-bond acceptors (Lipinski definition) is 2. The maximum Gasteiger partial charge on any atom is 0.211 e. The van der Waals surface area contributed by atoms with E-state index in [0.717, 1.165) is 8.04 Å². The third-order valence-electron chi connectivity index (χ3n) is 2.08. The van der Waals surface area contributed by atoms with Crippen molar-refractivity contribution in [2.45, 2.75) is 0 Å². The van der Waals surface area contributed by atoms with Gasteiger partial charge in [0.05, 0.1) is 0 Å². The van der Waals surface area contributed by atoms with Crippen LogP contribution in [-0.4, -0.2) is 10.8 Å². The van der Waals surface area contributed by atoms with Crippen molar-refractivity contribution in [3.63, 3.8) is 0 Å². The number of carbonyl (C=O) groups excluding carboxylic acids is 1. The third kappa shape index (κ3) is 2.49. The Hall–Kier alpha value is -0.750. The van der Waals surface area contributed by atoms with Crippen molar-refractivity contribution in [3.8, 4) is 0 Å². The first-order chi connectivity index (χ1) is 7.68. The lowest BCUT2D eigenvalue weighted by Crippen LogP contribution is -2.03. The molecule has 0 saturated carbocycles. The lowest BCUT2D eigenvalue weighted by Gasteiger charge is -2.02. The zero-order valence-corrected chi connectivity index (χ0v) is 11.9. The first-order valence-electron chi connectivity index (χ1n) is 4.59. The fraction of sp³-hybridized carbons (Fsp3) is 0. The molecule has 0 atom stereocenters. The van der Waals surface area contributed by atoms with Gasteiger partial charge in [-0.2, -0.15) is 0 Å². The summed E-state index contributed by atoms with van der Waals surface area (Å²) >= 11 is 5.61. The predicted octanol–water partition coefficient (Wildman–Crippen LogP) is 3.68. The van der Waals surface area contributed by atoms with Gasteiger partial charge in [-0.05, 0) is 68.9 Å². The Kier molecular flexibility index (Phi) is 3.70. The number of halogens is 2. The first-order valence-corrected chi connectivity index (χ1v) is 6.46. The van der Waals surface area contributed by atoms with E-state index in [4.69, 9.17) is 0 Å². The van der Waals surface area contributed by atoms with E-state index in [9.17, 15) is 4.79 Å². The van der Waals surface area contributed by atoms with Crippen LogP contribution in [0.4, 0.5) is 0 Å². The number of nitrogens with zero attached hydrogens (tertiary/aromatic N) is 1. The molecule has 0 aliphatic rings. The van der Waals surface area contributed by atoms with Gasteiger partial charge in [-0.3, -0.25) is 9.78 Å². The smallest absolute Gasteiger partial charge is 0.211 e. The van der Waals surface area contributed by atoms with E-state index in [-0.39, 0.29) is 5.78 Å². The monoisotopic (exact) mass is 387 g/mol. The molecule has 1 aromatic heterocycles. The molecule has 80 valence electrons. The molecule has 2 nitrogen and oxygen atoms in total. The molecular formula is C12H7BrINO. The van der Waals surface area contributed by atoms with Crippen molar-refractivity contribution in [3.05, 3.63) is 61.9 Å². The van der Waals surface area contributed by atoms with E-state index in [1.807, 2.05) is 24.3 Å². The molecule has 1 aromatic carbocycles. The van der Waals surface area contributed by atoms with Crippen molar-refractivity contribution < 1.29 is 4.79 Å². The zero-order valence-electron chi connectivity index (χ0n) is 8.15. The van der Waals surface area contributed by atoms with E-state index in [1.54, 1.807) is 18.3 Å². The maximum absolute atomic E-state index is 12.0. The highest BCUT2D eigenvalue weighted by Gasteiger charge is 2.10. The highest BCUT2D eigenvalue weighted by molar-refractivity contribution is 14.1. The van der Waals surface area contributed by atoms with Crippen molar-refractivity contribution in [1.82, 2.24) is 4.98 Å². The van der Waals surface area contributed by atoms with Gasteiger partial charge in [0.15, 0.2) is 0 Å². The summed E-state index contributed by atoms with van der Waals surface area (Å²) in [4.78, 5) is 16.1. The summed E-state index contributed by atoms with van der Waals surface area (Å²) < 4.78 is 2.00. The minimum Gasteiger partial charge on any atom is -0.287 e. The van der Waals surface area contributed by atoms with Crippen molar-refractivity contribution in [2.75, 3.05) is 0 Å². The van der Waals surface area contributed by atoms with Crippen molar-refractivity contribution in [1.29, 1.82) is 0 Å². The number of carbonyl (C=O) groups is 1. The fourth-order valence-corrected chi connectivity index (χ4v) is 2.00. The topological polar surface area (TPSA) is 30.0 Å². The molecule has 0 radical (unpaired) electrons. The summed E-state index contributed by atoms with van der Waals surface area (Å²) in [6.45, 7) is 0. The molecule has 0 aliphatic carbocycles. The van der Waals surface area contributed by atoms with Gasteiger partial charge in [-0.25, -0.2) is 0 Å². The molecule has 0 N–H and O–H groups in total.